The van der Waals surface area contributed by atoms with E-state index in [0.717, 1.165) is 52.0 Å². The van der Waals surface area contributed by atoms with Crippen molar-refractivity contribution >= 4 is 0 Å². The standard InChI is InChI=1S/C15H25N3O/c1-13-4-2-8-17-15(13)12-18-9-5-14(6-10-18)19-11-3-7-16/h2,4,8,14H,3,5-7,9-12,16H2,1H3. The van der Waals surface area contributed by atoms with Crippen molar-refractivity contribution in [2.75, 3.05) is 26.2 Å². The molecular formula is C15H25N3O. The van der Waals surface area contributed by atoms with Gasteiger partial charge in [-0.2, -0.15) is 0 Å². The largest absolute Gasteiger partial charge is 0.378 e. The smallest absolute Gasteiger partial charge is 0.0599 e. The summed E-state index contributed by atoms with van der Waals surface area (Å²) in [5.74, 6) is 0. The molecule has 1 aromatic rings. The fraction of sp³-hybridized carbons (Fsp3) is 0.667. The van der Waals surface area contributed by atoms with E-state index in [1.54, 1.807) is 0 Å². The summed E-state index contributed by atoms with van der Waals surface area (Å²) < 4.78 is 5.82. The minimum absolute atomic E-state index is 0.424. The minimum atomic E-state index is 0.424. The highest BCUT2D eigenvalue weighted by atomic mass is 16.5. The Labute approximate surface area is 116 Å². The maximum absolute atomic E-state index is 5.82. The maximum Gasteiger partial charge on any atom is 0.0599 e. The van der Waals surface area contributed by atoms with Crippen molar-refractivity contribution < 1.29 is 4.74 Å². The topological polar surface area (TPSA) is 51.4 Å². The molecule has 0 bridgehead atoms. The molecule has 2 heterocycles. The molecule has 0 atom stereocenters. The number of hydrogen-bond acceptors (Lipinski definition) is 4. The van der Waals surface area contributed by atoms with Crippen LogP contribution in [0.1, 0.15) is 30.5 Å². The highest BCUT2D eigenvalue weighted by Gasteiger charge is 2.20. The summed E-state index contributed by atoms with van der Waals surface area (Å²) in [6.45, 7) is 6.82. The molecule has 2 rings (SSSR count). The van der Waals surface area contributed by atoms with Crippen LogP contribution in [-0.2, 0) is 11.3 Å². The first kappa shape index (κ1) is 14.4. The van der Waals surface area contributed by atoms with Crippen LogP contribution >= 0.6 is 0 Å². The third-order valence-electron chi connectivity index (χ3n) is 3.73. The highest BCUT2D eigenvalue weighted by molar-refractivity contribution is 5.17. The summed E-state index contributed by atoms with van der Waals surface area (Å²) >= 11 is 0. The van der Waals surface area contributed by atoms with Crippen molar-refractivity contribution in [3.63, 3.8) is 0 Å². The van der Waals surface area contributed by atoms with Gasteiger partial charge in [0.15, 0.2) is 0 Å². The van der Waals surface area contributed by atoms with Gasteiger partial charge in [-0.3, -0.25) is 9.88 Å². The molecule has 0 aromatic carbocycles. The van der Waals surface area contributed by atoms with Crippen molar-refractivity contribution in [2.24, 2.45) is 5.73 Å². The average molecular weight is 263 g/mol. The van der Waals surface area contributed by atoms with Gasteiger partial charge in [-0.15, -0.1) is 0 Å². The van der Waals surface area contributed by atoms with Crippen LogP contribution in [0.3, 0.4) is 0 Å². The van der Waals surface area contributed by atoms with E-state index in [2.05, 4.69) is 22.9 Å². The molecule has 0 aliphatic carbocycles. The molecule has 1 fully saturated rings. The molecule has 0 amide bonds. The number of piperidine rings is 1. The van der Waals surface area contributed by atoms with Gasteiger partial charge in [0.2, 0.25) is 0 Å². The van der Waals surface area contributed by atoms with Crippen LogP contribution in [0.15, 0.2) is 18.3 Å². The summed E-state index contributed by atoms with van der Waals surface area (Å²) in [6, 6.07) is 4.13. The van der Waals surface area contributed by atoms with Gasteiger partial charge in [0, 0.05) is 32.4 Å². The van der Waals surface area contributed by atoms with Gasteiger partial charge in [-0.25, -0.2) is 0 Å². The van der Waals surface area contributed by atoms with Crippen molar-refractivity contribution in [3.05, 3.63) is 29.6 Å². The zero-order valence-corrected chi connectivity index (χ0v) is 11.8. The minimum Gasteiger partial charge on any atom is -0.378 e. The lowest BCUT2D eigenvalue weighted by Crippen LogP contribution is -2.37. The zero-order chi connectivity index (χ0) is 13.5. The van der Waals surface area contributed by atoms with E-state index < -0.39 is 0 Å². The van der Waals surface area contributed by atoms with E-state index in [1.165, 1.54) is 11.3 Å². The first-order chi connectivity index (χ1) is 9.29. The molecule has 1 aliphatic heterocycles. The summed E-state index contributed by atoms with van der Waals surface area (Å²) in [4.78, 5) is 6.94. The maximum atomic E-state index is 5.82. The third-order valence-corrected chi connectivity index (χ3v) is 3.73. The van der Waals surface area contributed by atoms with Gasteiger partial charge in [0.1, 0.15) is 0 Å². The Hall–Kier alpha value is -0.970. The quantitative estimate of drug-likeness (QED) is 0.794. The Morgan fingerprint density at radius 2 is 2.21 bits per heavy atom. The van der Waals surface area contributed by atoms with Crippen LogP contribution in [0.5, 0.6) is 0 Å². The van der Waals surface area contributed by atoms with Gasteiger partial charge in [0.05, 0.1) is 11.8 Å². The number of aromatic nitrogens is 1. The Kier molecular flexibility index (Phi) is 5.76. The monoisotopic (exact) mass is 263 g/mol. The highest BCUT2D eigenvalue weighted by Crippen LogP contribution is 2.16. The molecule has 0 spiro atoms. The van der Waals surface area contributed by atoms with Crippen LogP contribution in [0.25, 0.3) is 0 Å². The van der Waals surface area contributed by atoms with Crippen LogP contribution in [0, 0.1) is 6.92 Å². The molecule has 1 aliphatic rings. The number of aryl methyl sites for hydroxylation is 1. The van der Waals surface area contributed by atoms with Gasteiger partial charge in [0.25, 0.3) is 0 Å². The number of ether oxygens (including phenoxy) is 1. The first-order valence-electron chi connectivity index (χ1n) is 7.24. The van der Waals surface area contributed by atoms with Crippen molar-refractivity contribution in [1.82, 2.24) is 9.88 Å². The predicted octanol–water partition coefficient (Wildman–Crippen LogP) is 1.72. The van der Waals surface area contributed by atoms with E-state index in [4.69, 9.17) is 10.5 Å². The van der Waals surface area contributed by atoms with Crippen molar-refractivity contribution in [2.45, 2.75) is 38.8 Å². The molecule has 0 saturated carbocycles. The molecular weight excluding hydrogens is 238 g/mol. The van der Waals surface area contributed by atoms with Crippen molar-refractivity contribution in [3.8, 4) is 0 Å². The lowest BCUT2D eigenvalue weighted by Gasteiger charge is -2.31. The Morgan fingerprint density at radius 1 is 1.42 bits per heavy atom. The lowest BCUT2D eigenvalue weighted by atomic mass is 10.1. The summed E-state index contributed by atoms with van der Waals surface area (Å²) in [6.07, 6.45) is 5.51. The SMILES string of the molecule is Cc1cccnc1CN1CCC(OCCCN)CC1. The van der Waals surface area contributed by atoms with Crippen molar-refractivity contribution in [1.29, 1.82) is 0 Å². The molecule has 0 unspecified atom stereocenters. The first-order valence-corrected chi connectivity index (χ1v) is 7.24. The van der Waals surface area contributed by atoms with Gasteiger partial charge in [-0.1, -0.05) is 6.07 Å². The Morgan fingerprint density at radius 3 is 2.89 bits per heavy atom. The molecule has 1 aromatic heterocycles. The molecule has 19 heavy (non-hydrogen) atoms. The number of rotatable bonds is 6. The van der Waals surface area contributed by atoms with E-state index in [0.29, 0.717) is 6.10 Å². The molecule has 4 heteroatoms. The van der Waals surface area contributed by atoms with Crippen LogP contribution < -0.4 is 5.73 Å². The van der Waals surface area contributed by atoms with Gasteiger partial charge in [-0.05, 0) is 44.4 Å². The fourth-order valence-corrected chi connectivity index (χ4v) is 2.46. The van der Waals surface area contributed by atoms with Crippen LogP contribution in [0.2, 0.25) is 0 Å². The molecule has 1 saturated heterocycles. The van der Waals surface area contributed by atoms with E-state index in [1.807, 2.05) is 12.3 Å². The molecule has 0 radical (unpaired) electrons. The molecule has 2 N–H and O–H groups in total. The van der Waals surface area contributed by atoms with Crippen LogP contribution in [-0.4, -0.2) is 42.2 Å². The number of likely N-dealkylation sites (tertiary alicyclic amines) is 1. The number of nitrogens with two attached hydrogens (primary N) is 1. The molecule has 106 valence electrons. The fourth-order valence-electron chi connectivity index (χ4n) is 2.46. The number of hydrogen-bond donors (Lipinski definition) is 1. The Bertz CT molecular complexity index is 375. The van der Waals surface area contributed by atoms with E-state index in [-0.39, 0.29) is 0 Å². The molecule has 4 nitrogen and oxygen atoms in total. The van der Waals surface area contributed by atoms with Gasteiger partial charge < -0.3 is 10.5 Å². The second kappa shape index (κ2) is 7.58. The zero-order valence-electron chi connectivity index (χ0n) is 11.8. The lowest BCUT2D eigenvalue weighted by molar-refractivity contribution is 0.00537. The van der Waals surface area contributed by atoms with E-state index >= 15 is 0 Å². The van der Waals surface area contributed by atoms with Gasteiger partial charge >= 0.3 is 0 Å². The Balaban J connectivity index is 1.73. The number of nitrogens with zero attached hydrogens (tertiary/aromatic N) is 2. The summed E-state index contributed by atoms with van der Waals surface area (Å²) in [7, 11) is 0. The van der Waals surface area contributed by atoms with Crippen LogP contribution in [0.4, 0.5) is 0 Å². The predicted molar refractivity (Wildman–Crippen MR) is 76.9 cm³/mol. The second-order valence-corrected chi connectivity index (χ2v) is 5.26. The third kappa shape index (κ3) is 4.56. The van der Waals surface area contributed by atoms with E-state index in [9.17, 15) is 0 Å². The average Bonchev–Trinajstić information content (AvgIpc) is 2.44. The second-order valence-electron chi connectivity index (χ2n) is 5.26. The number of pyridine rings is 1. The summed E-state index contributed by atoms with van der Waals surface area (Å²) in [5, 5.41) is 0. The summed E-state index contributed by atoms with van der Waals surface area (Å²) in [5.41, 5.74) is 7.95. The normalized spacial score (nSPS) is 17.8.